The number of hydrogen-bond donors (Lipinski definition) is 2. The van der Waals surface area contributed by atoms with Gasteiger partial charge in [-0.05, 0) is 31.2 Å². The van der Waals surface area contributed by atoms with Crippen LogP contribution in [0.1, 0.15) is 5.69 Å². The number of rotatable bonds is 6. The van der Waals surface area contributed by atoms with E-state index >= 15 is 0 Å². The van der Waals surface area contributed by atoms with E-state index in [-0.39, 0.29) is 12.4 Å². The van der Waals surface area contributed by atoms with Crippen molar-refractivity contribution < 1.29 is 9.32 Å². The maximum absolute atomic E-state index is 4.86. The van der Waals surface area contributed by atoms with Crippen LogP contribution in [0.25, 0.3) is 22.4 Å². The molecule has 0 spiro atoms. The van der Waals surface area contributed by atoms with Crippen LogP contribution in [-0.2, 0) is 16.4 Å². The second-order valence-corrected chi connectivity index (χ2v) is 6.84. The molecule has 2 aromatic heterocycles. The number of aromatic nitrogens is 4. The summed E-state index contributed by atoms with van der Waals surface area (Å²) in [6.45, 7) is 1.94. The zero-order valence-corrected chi connectivity index (χ0v) is 17.3. The molecule has 10 heteroatoms. The molecule has 0 unspecified atom stereocenters. The molecule has 0 saturated heterocycles. The van der Waals surface area contributed by atoms with Gasteiger partial charge in [0.25, 0.3) is 0 Å². The van der Waals surface area contributed by atoms with Crippen molar-refractivity contribution >= 4 is 47.0 Å². The van der Waals surface area contributed by atoms with Gasteiger partial charge in [-0.3, -0.25) is 4.68 Å². The molecule has 0 aliphatic rings. The Morgan fingerprint density at radius 3 is 2.45 bits per heavy atom. The molecule has 0 amide bonds. The Morgan fingerprint density at radius 1 is 1.03 bits per heavy atom. The van der Waals surface area contributed by atoms with E-state index in [1.54, 1.807) is 4.68 Å². The van der Waals surface area contributed by atoms with Crippen LogP contribution in [0.5, 0.6) is 0 Å². The Hall–Kier alpha value is -2.69. The molecule has 29 heavy (non-hydrogen) atoms. The molecule has 0 fully saturated rings. The van der Waals surface area contributed by atoms with Crippen molar-refractivity contribution in [1.29, 1.82) is 0 Å². The molecule has 0 aliphatic heterocycles. The van der Waals surface area contributed by atoms with Crippen LogP contribution in [0.15, 0.2) is 59.5 Å². The van der Waals surface area contributed by atoms with E-state index in [4.69, 9.17) is 15.9 Å². The first kappa shape index (κ1) is 21.0. The first-order valence-corrected chi connectivity index (χ1v) is 9.24. The third-order valence-electron chi connectivity index (χ3n) is 4.17. The standard InChI is InChI=1S/C19H18N6O2S.ClH/c1-12-16-17(25(2)24-12)19(23-18(22-16)13-6-4-3-5-7-13)21-14-8-10-15(11-9-14)28-27-26-20;/h3-11H,20H2,1-2H3,(H,21,22,23);1H. The van der Waals surface area contributed by atoms with Crippen molar-refractivity contribution in [2.45, 2.75) is 11.8 Å². The second kappa shape index (κ2) is 9.21. The van der Waals surface area contributed by atoms with E-state index in [0.29, 0.717) is 11.6 Å². The first-order valence-electron chi connectivity index (χ1n) is 8.49. The predicted molar refractivity (Wildman–Crippen MR) is 116 cm³/mol. The van der Waals surface area contributed by atoms with Gasteiger partial charge in [-0.25, -0.2) is 9.97 Å². The van der Waals surface area contributed by atoms with Gasteiger partial charge < -0.3 is 5.32 Å². The van der Waals surface area contributed by atoms with Gasteiger partial charge in [0.05, 0.1) is 17.7 Å². The number of benzene rings is 2. The number of nitrogens with one attached hydrogen (secondary N) is 1. The van der Waals surface area contributed by atoms with Crippen LogP contribution < -0.4 is 11.2 Å². The molecular formula is C19H19ClN6O2S. The lowest BCUT2D eigenvalue weighted by Crippen LogP contribution is -2.02. The number of anilines is 2. The zero-order chi connectivity index (χ0) is 19.5. The topological polar surface area (TPSA) is 100 Å². The van der Waals surface area contributed by atoms with Gasteiger partial charge in [-0.1, -0.05) is 30.3 Å². The summed E-state index contributed by atoms with van der Waals surface area (Å²) in [4.78, 5) is 14.5. The Balaban J connectivity index is 0.00000240. The quantitative estimate of drug-likeness (QED) is 0.265. The summed E-state index contributed by atoms with van der Waals surface area (Å²) in [5.74, 6) is 6.20. The third-order valence-corrected chi connectivity index (χ3v) is 4.78. The molecule has 3 N–H and O–H groups in total. The minimum absolute atomic E-state index is 0. The van der Waals surface area contributed by atoms with Crippen LogP contribution >= 0.6 is 24.4 Å². The molecule has 8 nitrogen and oxygen atoms in total. The van der Waals surface area contributed by atoms with Gasteiger partial charge in [0.15, 0.2) is 11.6 Å². The van der Waals surface area contributed by atoms with Crippen LogP contribution in [0.3, 0.4) is 0 Å². The molecule has 0 aliphatic carbocycles. The molecule has 0 saturated carbocycles. The van der Waals surface area contributed by atoms with Gasteiger partial charge in [0.1, 0.15) is 11.0 Å². The van der Waals surface area contributed by atoms with Gasteiger partial charge >= 0.3 is 0 Å². The number of hydrogen-bond acceptors (Lipinski definition) is 8. The lowest BCUT2D eigenvalue weighted by Gasteiger charge is -2.10. The Morgan fingerprint density at radius 2 is 1.76 bits per heavy atom. The van der Waals surface area contributed by atoms with Crippen molar-refractivity contribution in [2.75, 3.05) is 5.32 Å². The van der Waals surface area contributed by atoms with Crippen LogP contribution in [-0.4, -0.2) is 19.7 Å². The van der Waals surface area contributed by atoms with Crippen LogP contribution in [0, 0.1) is 6.92 Å². The van der Waals surface area contributed by atoms with Crippen molar-refractivity contribution in [3.05, 3.63) is 60.3 Å². The molecular weight excluding hydrogens is 412 g/mol. The van der Waals surface area contributed by atoms with Gasteiger partial charge in [0, 0.05) is 23.2 Å². The highest BCUT2D eigenvalue weighted by atomic mass is 35.5. The van der Waals surface area contributed by atoms with Gasteiger partial charge in [-0.2, -0.15) is 11.0 Å². The summed E-state index contributed by atoms with van der Waals surface area (Å²) in [7, 11) is 1.88. The SMILES string of the molecule is Cc1nn(C)c2c(Nc3ccc(SOON)cc3)nc(-c3ccccc3)nc12.Cl. The average Bonchev–Trinajstić information content (AvgIpc) is 3.02. The first-order chi connectivity index (χ1) is 13.7. The average molecular weight is 431 g/mol. The van der Waals surface area contributed by atoms with E-state index < -0.39 is 0 Å². The zero-order valence-electron chi connectivity index (χ0n) is 15.7. The highest BCUT2D eigenvalue weighted by Gasteiger charge is 2.16. The van der Waals surface area contributed by atoms with E-state index in [0.717, 1.165) is 44.9 Å². The lowest BCUT2D eigenvalue weighted by molar-refractivity contribution is -0.195. The van der Waals surface area contributed by atoms with Crippen LogP contribution in [0.2, 0.25) is 0 Å². The van der Waals surface area contributed by atoms with Crippen molar-refractivity contribution in [1.82, 2.24) is 19.7 Å². The molecule has 4 rings (SSSR count). The van der Waals surface area contributed by atoms with Crippen LogP contribution in [0.4, 0.5) is 11.5 Å². The molecule has 2 heterocycles. The number of aryl methyl sites for hydroxylation is 2. The van der Waals surface area contributed by atoms with E-state index in [2.05, 4.69) is 19.7 Å². The monoisotopic (exact) mass is 430 g/mol. The van der Waals surface area contributed by atoms with Crippen molar-refractivity contribution in [2.24, 2.45) is 12.9 Å². The Labute approximate surface area is 177 Å². The van der Waals surface area contributed by atoms with Crippen molar-refractivity contribution in [3.63, 3.8) is 0 Å². The molecule has 2 aromatic carbocycles. The molecule has 4 aromatic rings. The molecule has 0 atom stereocenters. The Kier molecular flexibility index (Phi) is 6.68. The van der Waals surface area contributed by atoms with Gasteiger partial charge in [-0.15, -0.1) is 21.7 Å². The fraction of sp³-hybridized carbons (Fsp3) is 0.105. The smallest absolute Gasteiger partial charge is 0.162 e. The fourth-order valence-electron chi connectivity index (χ4n) is 2.93. The number of fused-ring (bicyclic) bond motifs is 1. The van der Waals surface area contributed by atoms with Crippen molar-refractivity contribution in [3.8, 4) is 11.4 Å². The summed E-state index contributed by atoms with van der Waals surface area (Å²) >= 11 is 1.03. The number of nitrogens with zero attached hydrogens (tertiary/aromatic N) is 4. The normalized spacial score (nSPS) is 10.7. The molecule has 0 bridgehead atoms. The maximum atomic E-state index is 4.86. The summed E-state index contributed by atoms with van der Waals surface area (Å²) in [6, 6.07) is 17.5. The predicted octanol–water partition coefficient (Wildman–Crippen LogP) is 4.33. The third kappa shape index (κ3) is 4.50. The van der Waals surface area contributed by atoms with E-state index in [1.165, 1.54) is 0 Å². The number of nitrogens with two attached hydrogens (primary N) is 1. The summed E-state index contributed by atoms with van der Waals surface area (Å²) in [6.07, 6.45) is 0. The highest BCUT2D eigenvalue weighted by Crippen LogP contribution is 2.29. The summed E-state index contributed by atoms with van der Waals surface area (Å²) in [5.41, 5.74) is 4.33. The van der Waals surface area contributed by atoms with Gasteiger partial charge in [0.2, 0.25) is 0 Å². The second-order valence-electron chi connectivity index (χ2n) is 6.07. The minimum Gasteiger partial charge on any atom is -0.338 e. The largest absolute Gasteiger partial charge is 0.338 e. The number of halogens is 1. The lowest BCUT2D eigenvalue weighted by atomic mass is 10.2. The van der Waals surface area contributed by atoms with E-state index in [9.17, 15) is 0 Å². The highest BCUT2D eigenvalue weighted by molar-refractivity contribution is 7.94. The van der Waals surface area contributed by atoms with E-state index in [1.807, 2.05) is 68.6 Å². The fourth-order valence-corrected chi connectivity index (χ4v) is 3.29. The molecule has 150 valence electrons. The maximum Gasteiger partial charge on any atom is 0.162 e. The molecule has 0 radical (unpaired) electrons. The minimum atomic E-state index is 0. The summed E-state index contributed by atoms with van der Waals surface area (Å²) in [5, 5.41) is 7.88. The summed E-state index contributed by atoms with van der Waals surface area (Å²) < 4.78 is 6.45. The Bertz CT molecular complexity index is 1110.